The van der Waals surface area contributed by atoms with Crippen molar-refractivity contribution in [3.05, 3.63) is 72.9 Å². The molecule has 476 valence electrons. The minimum Gasteiger partial charge on any atom is -0.462 e. The molecular formula is C76H136O6. The molecule has 0 rings (SSSR count). The summed E-state index contributed by atoms with van der Waals surface area (Å²) >= 11 is 0. The Labute approximate surface area is 510 Å². The van der Waals surface area contributed by atoms with Gasteiger partial charge in [0, 0.05) is 19.3 Å². The highest BCUT2D eigenvalue weighted by Crippen LogP contribution is 2.19. The number of unbranched alkanes of at least 4 members (excludes halogenated alkanes) is 43. The van der Waals surface area contributed by atoms with E-state index in [1.54, 1.807) is 0 Å². The van der Waals surface area contributed by atoms with Gasteiger partial charge in [0.2, 0.25) is 0 Å². The highest BCUT2D eigenvalue weighted by molar-refractivity contribution is 5.71. The monoisotopic (exact) mass is 1150 g/mol. The molecule has 0 amide bonds. The third kappa shape index (κ3) is 67.6. The summed E-state index contributed by atoms with van der Waals surface area (Å²) in [4.78, 5) is 38.4. The number of esters is 3. The van der Waals surface area contributed by atoms with Crippen LogP contribution in [0, 0.1) is 0 Å². The number of allylic oxidation sites excluding steroid dienone is 12. The van der Waals surface area contributed by atoms with Crippen LogP contribution < -0.4 is 0 Å². The van der Waals surface area contributed by atoms with Crippen molar-refractivity contribution in [3.8, 4) is 0 Å². The third-order valence-corrected chi connectivity index (χ3v) is 16.0. The summed E-state index contributed by atoms with van der Waals surface area (Å²) in [7, 11) is 0. The third-order valence-electron chi connectivity index (χ3n) is 16.0. The zero-order valence-corrected chi connectivity index (χ0v) is 54.8. The van der Waals surface area contributed by atoms with Gasteiger partial charge < -0.3 is 14.2 Å². The lowest BCUT2D eigenvalue weighted by atomic mass is 10.0. The Morgan fingerprint density at radius 3 is 0.720 bits per heavy atom. The van der Waals surface area contributed by atoms with Gasteiger partial charge in [0.15, 0.2) is 6.10 Å². The molecule has 1 atom stereocenters. The molecule has 0 aliphatic rings. The second kappa shape index (κ2) is 70.3. The van der Waals surface area contributed by atoms with E-state index < -0.39 is 6.10 Å². The van der Waals surface area contributed by atoms with Gasteiger partial charge in [-0.15, -0.1) is 0 Å². The summed E-state index contributed by atoms with van der Waals surface area (Å²) in [5.74, 6) is -0.961. The molecule has 0 radical (unpaired) electrons. The number of carbonyl (C=O) groups is 3. The van der Waals surface area contributed by atoms with Gasteiger partial charge in [0.25, 0.3) is 0 Å². The first kappa shape index (κ1) is 78.8. The van der Waals surface area contributed by atoms with Crippen LogP contribution in [0.2, 0.25) is 0 Å². The van der Waals surface area contributed by atoms with E-state index in [1.165, 1.54) is 250 Å². The van der Waals surface area contributed by atoms with E-state index >= 15 is 0 Å². The van der Waals surface area contributed by atoms with Gasteiger partial charge in [0.1, 0.15) is 13.2 Å². The highest BCUT2D eigenvalue weighted by atomic mass is 16.6. The topological polar surface area (TPSA) is 78.9 Å². The van der Waals surface area contributed by atoms with Crippen LogP contribution in [0.5, 0.6) is 0 Å². The second-order valence-corrected chi connectivity index (χ2v) is 24.1. The van der Waals surface area contributed by atoms with E-state index in [2.05, 4.69) is 87.6 Å². The predicted molar refractivity (Wildman–Crippen MR) is 358 cm³/mol. The molecule has 0 fully saturated rings. The lowest BCUT2D eigenvalue weighted by Crippen LogP contribution is -2.30. The Morgan fingerprint density at radius 2 is 0.476 bits per heavy atom. The molecule has 0 aromatic rings. The Hall–Kier alpha value is -3.15. The molecule has 1 unspecified atom stereocenters. The molecule has 0 saturated heterocycles. The largest absolute Gasteiger partial charge is 0.462 e. The molecule has 0 N–H and O–H groups in total. The fraction of sp³-hybridized carbons (Fsp3) is 0.803. The van der Waals surface area contributed by atoms with E-state index in [0.29, 0.717) is 19.3 Å². The van der Waals surface area contributed by atoms with E-state index in [9.17, 15) is 14.4 Å². The molecule has 82 heavy (non-hydrogen) atoms. The van der Waals surface area contributed by atoms with Crippen molar-refractivity contribution in [2.24, 2.45) is 0 Å². The van der Waals surface area contributed by atoms with Crippen molar-refractivity contribution in [2.75, 3.05) is 13.2 Å². The van der Waals surface area contributed by atoms with Crippen LogP contribution in [0.1, 0.15) is 374 Å². The van der Waals surface area contributed by atoms with Gasteiger partial charge in [-0.05, 0) is 57.8 Å². The van der Waals surface area contributed by atoms with Crippen molar-refractivity contribution in [2.45, 2.75) is 380 Å². The van der Waals surface area contributed by atoms with Crippen molar-refractivity contribution in [1.82, 2.24) is 0 Å². The second-order valence-electron chi connectivity index (χ2n) is 24.1. The smallest absolute Gasteiger partial charge is 0.306 e. The molecule has 0 bridgehead atoms. The Morgan fingerprint density at radius 1 is 0.256 bits per heavy atom. The van der Waals surface area contributed by atoms with E-state index in [1.807, 2.05) is 6.08 Å². The first-order chi connectivity index (χ1) is 40.5. The van der Waals surface area contributed by atoms with Crippen LogP contribution >= 0.6 is 0 Å². The van der Waals surface area contributed by atoms with Gasteiger partial charge in [-0.25, -0.2) is 0 Å². The van der Waals surface area contributed by atoms with Crippen LogP contribution in [0.15, 0.2) is 72.9 Å². The van der Waals surface area contributed by atoms with Gasteiger partial charge in [-0.1, -0.05) is 370 Å². The van der Waals surface area contributed by atoms with Gasteiger partial charge in [-0.3, -0.25) is 14.4 Å². The molecule has 0 aliphatic carbocycles. The maximum atomic E-state index is 12.9. The average molecular weight is 1150 g/mol. The number of hydrogen-bond donors (Lipinski definition) is 0. The molecule has 0 aromatic heterocycles. The van der Waals surface area contributed by atoms with Crippen molar-refractivity contribution < 1.29 is 28.6 Å². The van der Waals surface area contributed by atoms with Crippen LogP contribution in [-0.2, 0) is 28.6 Å². The zero-order valence-electron chi connectivity index (χ0n) is 54.8. The fourth-order valence-electron chi connectivity index (χ4n) is 10.7. The maximum absolute atomic E-state index is 12.9. The first-order valence-electron chi connectivity index (χ1n) is 35.9. The van der Waals surface area contributed by atoms with Crippen molar-refractivity contribution >= 4 is 17.9 Å². The number of hydrogen-bond acceptors (Lipinski definition) is 6. The Bertz CT molecular complexity index is 1500. The van der Waals surface area contributed by atoms with Gasteiger partial charge >= 0.3 is 17.9 Å². The Kier molecular flexibility index (Phi) is 67.6. The first-order valence-corrected chi connectivity index (χ1v) is 35.9. The predicted octanol–water partition coefficient (Wildman–Crippen LogP) is 24.8. The number of rotatable bonds is 66. The van der Waals surface area contributed by atoms with Crippen LogP contribution in [0.3, 0.4) is 0 Å². The summed E-state index contributed by atoms with van der Waals surface area (Å²) in [5, 5.41) is 0. The Balaban J connectivity index is 4.34. The molecule has 0 aromatic carbocycles. The van der Waals surface area contributed by atoms with Gasteiger partial charge in [-0.2, -0.15) is 0 Å². The molecule has 6 nitrogen and oxygen atoms in total. The summed E-state index contributed by atoms with van der Waals surface area (Å²) < 4.78 is 16.9. The summed E-state index contributed by atoms with van der Waals surface area (Å²) in [5.41, 5.74) is 0. The van der Waals surface area contributed by atoms with Crippen molar-refractivity contribution in [3.63, 3.8) is 0 Å². The zero-order chi connectivity index (χ0) is 59.2. The van der Waals surface area contributed by atoms with Gasteiger partial charge in [0.05, 0.1) is 0 Å². The summed E-state index contributed by atoms with van der Waals surface area (Å²) in [6.45, 7) is 6.54. The van der Waals surface area contributed by atoms with Crippen molar-refractivity contribution in [1.29, 1.82) is 0 Å². The lowest BCUT2D eigenvalue weighted by Gasteiger charge is -2.18. The highest BCUT2D eigenvalue weighted by Gasteiger charge is 2.19. The molecular weight excluding hydrogens is 1010 g/mol. The lowest BCUT2D eigenvalue weighted by molar-refractivity contribution is -0.166. The number of carbonyl (C=O) groups excluding carboxylic acids is 3. The minimum atomic E-state index is -0.815. The van der Waals surface area contributed by atoms with E-state index in [4.69, 9.17) is 14.2 Å². The molecule has 0 heterocycles. The van der Waals surface area contributed by atoms with Crippen LogP contribution in [0.4, 0.5) is 0 Å². The van der Waals surface area contributed by atoms with E-state index in [0.717, 1.165) is 77.0 Å². The standard InChI is InChI=1S/C76H136O6/c1-4-7-10-13-16-19-22-25-28-31-34-35-36-37-38-39-40-41-43-45-48-51-54-57-60-63-66-69-75(78)81-72-73(71-80-74(77)68-65-62-59-56-53-50-47-44-33-30-27-24-21-18-15-12-9-6-3)82-76(79)70-67-64-61-58-55-52-49-46-42-32-29-26-23-20-17-14-11-8-5-2/h8,11,17,20,26,29,42,46,52,55,61,64,73H,4-7,9-10,12-16,18-19,21-25,27-28,30-41,43-45,47-51,53-54,56-60,62-63,65-72H2,1-3H3/b11-8-,20-17-,29-26-,46-42-,55-52-,64-61-. The fourth-order valence-corrected chi connectivity index (χ4v) is 10.7. The molecule has 6 heteroatoms. The quantitative estimate of drug-likeness (QED) is 0.0261. The molecule has 0 aliphatic heterocycles. The van der Waals surface area contributed by atoms with E-state index in [-0.39, 0.29) is 37.5 Å². The number of ether oxygens (including phenoxy) is 3. The molecule has 0 spiro atoms. The maximum Gasteiger partial charge on any atom is 0.306 e. The summed E-state index contributed by atoms with van der Waals surface area (Å²) in [6.07, 6.45) is 92.4. The van der Waals surface area contributed by atoms with Crippen LogP contribution in [0.25, 0.3) is 0 Å². The molecule has 0 saturated carbocycles. The minimum absolute atomic E-state index is 0.101. The normalized spacial score (nSPS) is 12.5. The summed E-state index contributed by atoms with van der Waals surface area (Å²) in [6, 6.07) is 0. The van der Waals surface area contributed by atoms with Crippen LogP contribution in [-0.4, -0.2) is 37.2 Å². The average Bonchev–Trinajstić information content (AvgIpc) is 3.47. The SMILES string of the molecule is CC/C=C\C/C=C\C/C=C\C/C=C\C/C=C\C/C=C\CCC(=O)OC(COC(=O)CCCCCCCCCCCCCCCCCCCC)COC(=O)CCCCCCCCCCCCCCCCCCCCCCCCCCCCC.